The highest BCUT2D eigenvalue weighted by atomic mass is 79.9. The third kappa shape index (κ3) is 4.44. The van der Waals surface area contributed by atoms with E-state index in [2.05, 4.69) is 15.9 Å². The lowest BCUT2D eigenvalue weighted by atomic mass is 10.1. The largest absolute Gasteiger partial charge is 0.337 e. The molecule has 2 rings (SSSR count). The van der Waals surface area contributed by atoms with Crippen LogP contribution >= 0.6 is 27.5 Å². The van der Waals surface area contributed by atoms with E-state index in [0.717, 1.165) is 10.0 Å². The van der Waals surface area contributed by atoms with E-state index in [4.69, 9.17) is 16.4 Å². The molecule has 9 heteroatoms. The van der Waals surface area contributed by atoms with Crippen molar-refractivity contribution in [3.63, 3.8) is 0 Å². The fraction of sp³-hybridized carbons (Fsp3) is 0.235. The first kappa shape index (κ1) is 20.9. The van der Waals surface area contributed by atoms with Gasteiger partial charge in [0.1, 0.15) is 4.90 Å². The maximum absolute atomic E-state index is 12.7. The van der Waals surface area contributed by atoms with Gasteiger partial charge in [0.05, 0.1) is 12.1 Å². The van der Waals surface area contributed by atoms with Crippen molar-refractivity contribution in [2.45, 2.75) is 11.4 Å². The number of carbonyl (C=O) groups is 1. The van der Waals surface area contributed by atoms with Crippen molar-refractivity contribution in [2.75, 3.05) is 21.2 Å². The van der Waals surface area contributed by atoms with Crippen LogP contribution in [0.25, 0.3) is 0 Å². The van der Waals surface area contributed by atoms with Crippen molar-refractivity contribution in [3.8, 4) is 0 Å². The van der Waals surface area contributed by atoms with Gasteiger partial charge in [-0.05, 0) is 29.8 Å². The van der Waals surface area contributed by atoms with Gasteiger partial charge in [0.2, 0.25) is 0 Å². The third-order valence-corrected chi connectivity index (χ3v) is 6.70. The third-order valence-electron chi connectivity index (χ3n) is 3.76. The molecular weight excluding hydrogens is 444 g/mol. The molecule has 0 aliphatic rings. The average molecular weight is 462 g/mol. The zero-order valence-corrected chi connectivity index (χ0v) is 17.6. The molecule has 0 unspecified atom stereocenters. The molecular formula is C17H18BrClN2O4S. The van der Waals surface area contributed by atoms with Gasteiger partial charge >= 0.3 is 0 Å². The van der Waals surface area contributed by atoms with E-state index in [0.29, 0.717) is 11.0 Å². The number of halogens is 2. The Bertz CT molecular complexity index is 921. The van der Waals surface area contributed by atoms with E-state index in [9.17, 15) is 13.2 Å². The second kappa shape index (κ2) is 8.49. The molecule has 0 aliphatic carbocycles. The lowest BCUT2D eigenvalue weighted by molar-refractivity contribution is -0.0258. The highest BCUT2D eigenvalue weighted by Crippen LogP contribution is 2.26. The minimum atomic E-state index is -3.97. The molecule has 0 saturated carbocycles. The van der Waals surface area contributed by atoms with Gasteiger partial charge < -0.3 is 4.90 Å². The van der Waals surface area contributed by atoms with Gasteiger partial charge in [-0.15, -0.1) is 0 Å². The van der Waals surface area contributed by atoms with Gasteiger partial charge in [0.15, 0.2) is 0 Å². The van der Waals surface area contributed by atoms with Crippen LogP contribution in [0.5, 0.6) is 0 Å². The van der Waals surface area contributed by atoms with Crippen molar-refractivity contribution >= 4 is 43.5 Å². The lowest BCUT2D eigenvalue weighted by Crippen LogP contribution is -2.28. The van der Waals surface area contributed by atoms with Gasteiger partial charge in [-0.3, -0.25) is 9.63 Å². The van der Waals surface area contributed by atoms with E-state index >= 15 is 0 Å². The Hall–Kier alpha value is -1.45. The van der Waals surface area contributed by atoms with Crippen LogP contribution in [0, 0.1) is 0 Å². The monoisotopic (exact) mass is 460 g/mol. The van der Waals surface area contributed by atoms with Crippen LogP contribution in [0.4, 0.5) is 0 Å². The fourth-order valence-corrected chi connectivity index (χ4v) is 4.13. The Morgan fingerprint density at radius 2 is 1.85 bits per heavy atom. The normalized spacial score (nSPS) is 11.6. The lowest BCUT2D eigenvalue weighted by Gasteiger charge is -2.20. The fourth-order valence-electron chi connectivity index (χ4n) is 2.25. The minimum absolute atomic E-state index is 0.0129. The summed E-state index contributed by atoms with van der Waals surface area (Å²) in [6.45, 7) is 0.364. The molecule has 0 aromatic heterocycles. The Morgan fingerprint density at radius 1 is 1.19 bits per heavy atom. The molecule has 0 heterocycles. The second-order valence-electron chi connectivity index (χ2n) is 5.50. The average Bonchev–Trinajstić information content (AvgIpc) is 2.62. The smallest absolute Gasteiger partial charge is 0.266 e. The van der Waals surface area contributed by atoms with Crippen molar-refractivity contribution in [1.29, 1.82) is 0 Å². The Labute approximate surface area is 166 Å². The van der Waals surface area contributed by atoms with E-state index in [1.807, 2.05) is 24.3 Å². The van der Waals surface area contributed by atoms with Crippen LogP contribution in [0.3, 0.4) is 0 Å². The minimum Gasteiger partial charge on any atom is -0.337 e. The summed E-state index contributed by atoms with van der Waals surface area (Å²) in [6.07, 6.45) is 0. The van der Waals surface area contributed by atoms with Crippen LogP contribution in [0.1, 0.15) is 15.9 Å². The number of hydrogen-bond donors (Lipinski definition) is 0. The van der Waals surface area contributed by atoms with Crippen LogP contribution in [-0.4, -0.2) is 44.9 Å². The number of hydrogen-bond acceptors (Lipinski definition) is 4. The topological polar surface area (TPSA) is 66.9 Å². The molecule has 0 radical (unpaired) electrons. The van der Waals surface area contributed by atoms with E-state index < -0.39 is 10.0 Å². The van der Waals surface area contributed by atoms with Crippen molar-refractivity contribution in [3.05, 3.63) is 63.1 Å². The van der Waals surface area contributed by atoms with Gasteiger partial charge in [-0.1, -0.05) is 50.2 Å². The number of rotatable bonds is 6. The number of hydroxylamine groups is 1. The molecule has 0 atom stereocenters. The van der Waals surface area contributed by atoms with Gasteiger partial charge in [-0.2, -0.15) is 0 Å². The molecule has 2 aromatic carbocycles. The number of carbonyl (C=O) groups excluding carboxylic acids is 1. The molecule has 0 aliphatic heterocycles. The highest BCUT2D eigenvalue weighted by Gasteiger charge is 2.26. The first-order valence-corrected chi connectivity index (χ1v) is 10.1. The maximum atomic E-state index is 12.7. The molecule has 0 fully saturated rings. The first-order chi connectivity index (χ1) is 12.2. The number of amides is 1. The van der Waals surface area contributed by atoms with Crippen molar-refractivity contribution < 1.29 is 18.0 Å². The van der Waals surface area contributed by atoms with E-state index in [1.54, 1.807) is 7.05 Å². The standard InChI is InChI=1S/C17H18BrClN2O4S/c1-20(11-13-6-4-5-7-14(13)18)17(22)12-8-9-15(19)16(10-12)26(23,24)21(2)25-3/h4-10H,11H2,1-3H3. The summed E-state index contributed by atoms with van der Waals surface area (Å²) in [5.74, 6) is -0.325. The SMILES string of the molecule is CON(C)S(=O)(=O)c1cc(C(=O)N(C)Cc2ccccc2Br)ccc1Cl. The van der Waals surface area contributed by atoms with E-state index in [-0.39, 0.29) is 21.4 Å². The van der Waals surface area contributed by atoms with Crippen LogP contribution < -0.4 is 0 Å². The quantitative estimate of drug-likeness (QED) is 0.617. The van der Waals surface area contributed by atoms with E-state index in [1.165, 1.54) is 37.3 Å². The molecule has 1 amide bonds. The second-order valence-corrected chi connectivity index (χ2v) is 8.66. The maximum Gasteiger partial charge on any atom is 0.266 e. The first-order valence-electron chi connectivity index (χ1n) is 7.50. The van der Waals surface area contributed by atoms with Crippen molar-refractivity contribution in [2.24, 2.45) is 0 Å². The Kier molecular flexibility index (Phi) is 6.81. The van der Waals surface area contributed by atoms with Crippen LogP contribution in [0.2, 0.25) is 5.02 Å². The molecule has 26 heavy (non-hydrogen) atoms. The number of sulfonamides is 1. The molecule has 0 saturated heterocycles. The Balaban J connectivity index is 2.33. The molecule has 140 valence electrons. The molecule has 6 nitrogen and oxygen atoms in total. The Morgan fingerprint density at radius 3 is 2.46 bits per heavy atom. The molecule has 0 N–H and O–H groups in total. The summed E-state index contributed by atoms with van der Waals surface area (Å²) < 4.78 is 26.5. The van der Waals surface area contributed by atoms with Gasteiger partial charge in [0, 0.05) is 30.7 Å². The van der Waals surface area contributed by atoms with Gasteiger partial charge in [-0.25, -0.2) is 8.42 Å². The molecule has 0 spiro atoms. The predicted octanol–water partition coefficient (Wildman–Crippen LogP) is 3.56. The van der Waals surface area contributed by atoms with Crippen LogP contribution in [-0.2, 0) is 21.4 Å². The zero-order chi connectivity index (χ0) is 19.5. The highest BCUT2D eigenvalue weighted by molar-refractivity contribution is 9.10. The number of benzene rings is 2. The summed E-state index contributed by atoms with van der Waals surface area (Å²) in [5, 5.41) is 0.0129. The molecule has 0 bridgehead atoms. The van der Waals surface area contributed by atoms with Crippen molar-refractivity contribution in [1.82, 2.24) is 9.37 Å². The van der Waals surface area contributed by atoms with Crippen LogP contribution in [0.15, 0.2) is 51.8 Å². The number of nitrogens with zero attached hydrogens (tertiary/aromatic N) is 2. The summed E-state index contributed by atoms with van der Waals surface area (Å²) >= 11 is 9.47. The summed E-state index contributed by atoms with van der Waals surface area (Å²) in [5.41, 5.74) is 1.15. The summed E-state index contributed by atoms with van der Waals surface area (Å²) in [7, 11) is 0.156. The zero-order valence-electron chi connectivity index (χ0n) is 14.4. The summed E-state index contributed by atoms with van der Waals surface area (Å²) in [6, 6.07) is 11.7. The predicted molar refractivity (Wildman–Crippen MR) is 103 cm³/mol. The van der Waals surface area contributed by atoms with Gasteiger partial charge in [0.25, 0.3) is 15.9 Å². The molecule has 2 aromatic rings. The summed E-state index contributed by atoms with van der Waals surface area (Å²) in [4.78, 5) is 18.8.